The fourth-order valence-electron chi connectivity index (χ4n) is 1.19. The molecule has 0 fully saturated rings. The van der Waals surface area contributed by atoms with Gasteiger partial charge in [0.2, 0.25) is 5.91 Å². The molecular weight excluding hydrogens is 255 g/mol. The van der Waals surface area contributed by atoms with E-state index < -0.39 is 30.4 Å². The predicted octanol–water partition coefficient (Wildman–Crippen LogP) is 3.04. The van der Waals surface area contributed by atoms with E-state index in [1.165, 1.54) is 0 Å². The van der Waals surface area contributed by atoms with Gasteiger partial charge in [-0.2, -0.15) is 13.2 Å². The van der Waals surface area contributed by atoms with Gasteiger partial charge >= 0.3 is 6.18 Å². The number of halogens is 4. The van der Waals surface area contributed by atoms with E-state index in [1.54, 1.807) is 30.3 Å². The monoisotopic (exact) mass is 265 g/mol. The third kappa shape index (κ3) is 5.08. The molecule has 0 spiro atoms. The Morgan fingerprint density at radius 3 is 2.41 bits per heavy atom. The number of amides is 1. The van der Waals surface area contributed by atoms with Gasteiger partial charge in [0, 0.05) is 6.54 Å². The van der Waals surface area contributed by atoms with E-state index in [1.807, 2.05) is 0 Å². The van der Waals surface area contributed by atoms with Crippen LogP contribution < -0.4 is 5.32 Å². The molecule has 6 heteroatoms. The molecule has 17 heavy (non-hydrogen) atoms. The summed E-state index contributed by atoms with van der Waals surface area (Å²) < 4.78 is 35.5. The first-order valence-corrected chi connectivity index (χ1v) is 5.37. The standard InChI is InChI=1S/C11H11ClF3NO/c12-9(8-4-2-1-3-5-8)10(17)16-7-6-11(13,14)15/h1-5,9H,6-7H2,(H,16,17). The van der Waals surface area contributed by atoms with Crippen molar-refractivity contribution in [1.82, 2.24) is 5.32 Å². The van der Waals surface area contributed by atoms with Crippen LogP contribution in [0.5, 0.6) is 0 Å². The van der Waals surface area contributed by atoms with E-state index in [-0.39, 0.29) is 0 Å². The molecule has 0 aliphatic carbocycles. The van der Waals surface area contributed by atoms with Crippen molar-refractivity contribution >= 4 is 17.5 Å². The average Bonchev–Trinajstić information content (AvgIpc) is 2.27. The Kier molecular flexibility index (Phi) is 4.81. The number of benzene rings is 1. The molecule has 1 aromatic carbocycles. The summed E-state index contributed by atoms with van der Waals surface area (Å²) >= 11 is 5.81. The van der Waals surface area contributed by atoms with Gasteiger partial charge in [0.25, 0.3) is 0 Å². The SMILES string of the molecule is O=C(NCCC(F)(F)F)C(Cl)c1ccccc1. The van der Waals surface area contributed by atoms with Crippen molar-refractivity contribution in [3.05, 3.63) is 35.9 Å². The number of hydrogen-bond donors (Lipinski definition) is 1. The number of carbonyl (C=O) groups is 1. The first kappa shape index (κ1) is 13.8. The van der Waals surface area contributed by atoms with Gasteiger partial charge in [-0.3, -0.25) is 4.79 Å². The van der Waals surface area contributed by atoms with Crippen LogP contribution in [0.1, 0.15) is 17.4 Å². The Hall–Kier alpha value is -1.23. The van der Waals surface area contributed by atoms with Gasteiger partial charge < -0.3 is 5.32 Å². The molecule has 1 unspecified atom stereocenters. The van der Waals surface area contributed by atoms with Crippen molar-refractivity contribution in [2.45, 2.75) is 18.0 Å². The highest BCUT2D eigenvalue weighted by molar-refractivity contribution is 6.30. The van der Waals surface area contributed by atoms with Crippen LogP contribution in [0.3, 0.4) is 0 Å². The maximum absolute atomic E-state index is 11.8. The van der Waals surface area contributed by atoms with Crippen molar-refractivity contribution < 1.29 is 18.0 Å². The fraction of sp³-hybridized carbons (Fsp3) is 0.364. The average molecular weight is 266 g/mol. The lowest BCUT2D eigenvalue weighted by Crippen LogP contribution is -2.30. The molecule has 94 valence electrons. The maximum Gasteiger partial charge on any atom is 0.390 e. The van der Waals surface area contributed by atoms with Crippen LogP contribution in [-0.4, -0.2) is 18.6 Å². The molecule has 0 bridgehead atoms. The highest BCUT2D eigenvalue weighted by Crippen LogP contribution is 2.21. The quantitative estimate of drug-likeness (QED) is 0.833. The molecule has 0 aromatic heterocycles. The van der Waals surface area contributed by atoms with E-state index in [0.717, 1.165) is 0 Å². The molecule has 1 rings (SSSR count). The summed E-state index contributed by atoms with van der Waals surface area (Å²) in [7, 11) is 0. The summed E-state index contributed by atoms with van der Waals surface area (Å²) in [5.41, 5.74) is 0.554. The number of carbonyl (C=O) groups excluding carboxylic acids is 1. The van der Waals surface area contributed by atoms with Crippen molar-refractivity contribution in [3.63, 3.8) is 0 Å². The zero-order valence-electron chi connectivity index (χ0n) is 8.80. The van der Waals surface area contributed by atoms with E-state index in [2.05, 4.69) is 5.32 Å². The molecule has 0 saturated heterocycles. The van der Waals surface area contributed by atoms with E-state index in [0.29, 0.717) is 5.56 Å². The second kappa shape index (κ2) is 5.91. The molecule has 0 saturated carbocycles. The van der Waals surface area contributed by atoms with Crippen LogP contribution in [0.25, 0.3) is 0 Å². The molecule has 1 aromatic rings. The highest BCUT2D eigenvalue weighted by Gasteiger charge is 2.27. The largest absolute Gasteiger partial charge is 0.390 e. The van der Waals surface area contributed by atoms with Gasteiger partial charge in [-0.15, -0.1) is 11.6 Å². The molecule has 1 amide bonds. The molecule has 0 aliphatic rings. The highest BCUT2D eigenvalue weighted by atomic mass is 35.5. The van der Waals surface area contributed by atoms with Crippen LogP contribution in [0.4, 0.5) is 13.2 Å². The Bertz CT molecular complexity index is 367. The minimum atomic E-state index is -4.28. The summed E-state index contributed by atoms with van der Waals surface area (Å²) in [6, 6.07) is 8.44. The molecule has 0 aliphatic heterocycles. The summed E-state index contributed by atoms with van der Waals surface area (Å²) in [5, 5.41) is 1.18. The molecule has 0 heterocycles. The van der Waals surface area contributed by atoms with Crippen LogP contribution in [0, 0.1) is 0 Å². The molecule has 0 radical (unpaired) electrons. The fourth-order valence-corrected chi connectivity index (χ4v) is 1.41. The molecule has 2 nitrogen and oxygen atoms in total. The topological polar surface area (TPSA) is 29.1 Å². The first-order chi connectivity index (χ1) is 7.90. The molecular formula is C11H11ClF3NO. The maximum atomic E-state index is 11.8. The van der Waals surface area contributed by atoms with E-state index >= 15 is 0 Å². The minimum absolute atomic E-state index is 0.460. The van der Waals surface area contributed by atoms with Gasteiger partial charge in [-0.1, -0.05) is 30.3 Å². The van der Waals surface area contributed by atoms with Crippen molar-refractivity contribution in [2.24, 2.45) is 0 Å². The summed E-state index contributed by atoms with van der Waals surface area (Å²) in [6.45, 7) is -0.460. The van der Waals surface area contributed by atoms with Gasteiger partial charge in [0.05, 0.1) is 6.42 Å². The lowest BCUT2D eigenvalue weighted by atomic mass is 10.1. The summed E-state index contributed by atoms with van der Waals surface area (Å²) in [6.07, 6.45) is -5.33. The van der Waals surface area contributed by atoms with Gasteiger partial charge in [-0.05, 0) is 5.56 Å². The normalized spacial score (nSPS) is 13.2. The van der Waals surface area contributed by atoms with Gasteiger partial charge in [-0.25, -0.2) is 0 Å². The smallest absolute Gasteiger partial charge is 0.354 e. The third-order valence-electron chi connectivity index (χ3n) is 2.03. The number of alkyl halides is 4. The lowest BCUT2D eigenvalue weighted by Gasteiger charge is -2.11. The zero-order chi connectivity index (χ0) is 12.9. The van der Waals surface area contributed by atoms with Gasteiger partial charge in [0.1, 0.15) is 5.38 Å². The van der Waals surface area contributed by atoms with Crippen molar-refractivity contribution in [1.29, 1.82) is 0 Å². The molecule has 1 N–H and O–H groups in total. The Morgan fingerprint density at radius 2 is 1.88 bits per heavy atom. The summed E-state index contributed by atoms with van der Waals surface area (Å²) in [5.74, 6) is -0.623. The lowest BCUT2D eigenvalue weighted by molar-refractivity contribution is -0.135. The summed E-state index contributed by atoms with van der Waals surface area (Å²) in [4.78, 5) is 11.4. The number of nitrogens with one attached hydrogen (secondary N) is 1. The Balaban J connectivity index is 2.43. The van der Waals surface area contributed by atoms with E-state index in [9.17, 15) is 18.0 Å². The van der Waals surface area contributed by atoms with Crippen LogP contribution in [0.2, 0.25) is 0 Å². The molecule has 1 atom stereocenters. The van der Waals surface area contributed by atoms with Crippen LogP contribution in [-0.2, 0) is 4.79 Å². The van der Waals surface area contributed by atoms with Crippen molar-refractivity contribution in [3.8, 4) is 0 Å². The second-order valence-corrected chi connectivity index (χ2v) is 3.87. The second-order valence-electron chi connectivity index (χ2n) is 3.43. The predicted molar refractivity (Wildman–Crippen MR) is 58.7 cm³/mol. The van der Waals surface area contributed by atoms with Crippen LogP contribution in [0.15, 0.2) is 30.3 Å². The third-order valence-corrected chi connectivity index (χ3v) is 2.48. The van der Waals surface area contributed by atoms with Gasteiger partial charge in [0.15, 0.2) is 0 Å². The van der Waals surface area contributed by atoms with Crippen LogP contribution >= 0.6 is 11.6 Å². The van der Waals surface area contributed by atoms with E-state index in [4.69, 9.17) is 11.6 Å². The Morgan fingerprint density at radius 1 is 1.29 bits per heavy atom. The van der Waals surface area contributed by atoms with Crippen molar-refractivity contribution in [2.75, 3.05) is 6.54 Å². The number of hydrogen-bond acceptors (Lipinski definition) is 1. The number of rotatable bonds is 4. The zero-order valence-corrected chi connectivity index (χ0v) is 9.55. The first-order valence-electron chi connectivity index (χ1n) is 4.93. The minimum Gasteiger partial charge on any atom is -0.354 e. The Labute approximate surface area is 102 Å².